The van der Waals surface area contributed by atoms with Gasteiger partial charge < -0.3 is 14.7 Å². The van der Waals surface area contributed by atoms with Gasteiger partial charge in [0.05, 0.1) is 5.54 Å². The van der Waals surface area contributed by atoms with E-state index < -0.39 is 0 Å². The second kappa shape index (κ2) is 12.8. The number of piperidine rings is 2. The number of carbonyl (C=O) groups is 2. The van der Waals surface area contributed by atoms with Crippen LogP contribution in [0.3, 0.4) is 0 Å². The minimum absolute atomic E-state index is 0.109. The summed E-state index contributed by atoms with van der Waals surface area (Å²) in [6.45, 7) is 6.07. The lowest BCUT2D eigenvalue weighted by Gasteiger charge is -2.48. The number of likely N-dealkylation sites (tertiary alicyclic amines) is 2. The SMILES string of the molecule is CC(=O)N(C)C1(c2ccccc2)CCN(CCCC2(c3cccc(Cl)c3)CCCN(C(=O)c3ccccc3)C2)CC1. The quantitative estimate of drug-likeness (QED) is 0.300. The Morgan fingerprint density at radius 3 is 2.17 bits per heavy atom. The number of rotatable bonds is 8. The van der Waals surface area contributed by atoms with Crippen molar-refractivity contribution in [3.05, 3.63) is 107 Å². The van der Waals surface area contributed by atoms with E-state index in [9.17, 15) is 9.59 Å². The van der Waals surface area contributed by atoms with Gasteiger partial charge in [0, 0.05) is 56.2 Å². The first-order chi connectivity index (χ1) is 19.8. The fraction of sp³-hybridized carbons (Fsp3) is 0.429. The Hall–Kier alpha value is -3.15. The number of halogens is 1. The minimum atomic E-state index is -0.257. The van der Waals surface area contributed by atoms with Gasteiger partial charge in [0.2, 0.25) is 5.91 Å². The minimum Gasteiger partial charge on any atom is -0.338 e. The van der Waals surface area contributed by atoms with Crippen LogP contribution in [0, 0.1) is 0 Å². The summed E-state index contributed by atoms with van der Waals surface area (Å²) in [6.07, 6.45) is 5.91. The molecule has 216 valence electrons. The molecular weight excluding hydrogens is 530 g/mol. The number of carbonyl (C=O) groups excluding carboxylic acids is 2. The third-order valence-corrected chi connectivity index (χ3v) is 9.80. The molecule has 1 atom stereocenters. The van der Waals surface area contributed by atoms with Crippen LogP contribution in [0.5, 0.6) is 0 Å². The van der Waals surface area contributed by atoms with Crippen molar-refractivity contribution in [2.75, 3.05) is 39.8 Å². The van der Waals surface area contributed by atoms with E-state index in [1.165, 1.54) is 11.1 Å². The topological polar surface area (TPSA) is 43.9 Å². The fourth-order valence-corrected chi connectivity index (χ4v) is 7.32. The third kappa shape index (κ3) is 6.37. The zero-order valence-electron chi connectivity index (χ0n) is 24.4. The van der Waals surface area contributed by atoms with Crippen LogP contribution in [0.2, 0.25) is 5.02 Å². The number of amides is 2. The van der Waals surface area contributed by atoms with Crippen molar-refractivity contribution in [2.24, 2.45) is 0 Å². The van der Waals surface area contributed by atoms with E-state index in [1.807, 2.05) is 65.4 Å². The van der Waals surface area contributed by atoms with Gasteiger partial charge in [-0.15, -0.1) is 0 Å². The molecule has 5 rings (SSSR count). The molecule has 2 aliphatic rings. The average Bonchev–Trinajstić information content (AvgIpc) is 3.01. The third-order valence-electron chi connectivity index (χ3n) is 9.56. The molecule has 0 N–H and O–H groups in total. The first-order valence-corrected chi connectivity index (χ1v) is 15.3. The van der Waals surface area contributed by atoms with E-state index in [2.05, 4.69) is 41.3 Å². The van der Waals surface area contributed by atoms with Crippen molar-refractivity contribution >= 4 is 23.4 Å². The van der Waals surface area contributed by atoms with Crippen LogP contribution in [0.1, 0.15) is 66.9 Å². The van der Waals surface area contributed by atoms with Crippen molar-refractivity contribution in [1.29, 1.82) is 0 Å². The molecule has 0 aliphatic carbocycles. The standard InChI is InChI=1S/C35H42ClN3O2/c1-28(40)37(2)35(30-14-7-4-8-15-30)20-24-38(25-21-35)22-10-18-34(31-16-9-17-32(36)26-31)19-11-23-39(27-34)33(41)29-12-5-3-6-13-29/h3-9,12-17,26H,10-11,18-25,27H2,1-2H3. The molecule has 2 fully saturated rings. The molecule has 2 amide bonds. The van der Waals surface area contributed by atoms with Crippen LogP contribution in [-0.4, -0.2) is 66.3 Å². The molecule has 0 radical (unpaired) electrons. The Morgan fingerprint density at radius 2 is 1.51 bits per heavy atom. The predicted octanol–water partition coefficient (Wildman–Crippen LogP) is 6.76. The molecular formula is C35H42ClN3O2. The highest BCUT2D eigenvalue weighted by Crippen LogP contribution is 2.41. The molecule has 2 aliphatic heterocycles. The summed E-state index contributed by atoms with van der Waals surface area (Å²) in [7, 11) is 1.95. The van der Waals surface area contributed by atoms with Gasteiger partial charge in [0.25, 0.3) is 5.91 Å². The van der Waals surface area contributed by atoms with Gasteiger partial charge in [-0.25, -0.2) is 0 Å². The van der Waals surface area contributed by atoms with E-state index in [4.69, 9.17) is 11.6 Å². The summed E-state index contributed by atoms with van der Waals surface area (Å²) >= 11 is 6.48. The van der Waals surface area contributed by atoms with Gasteiger partial charge in [0.1, 0.15) is 0 Å². The Labute approximate surface area is 250 Å². The molecule has 1 unspecified atom stereocenters. The Morgan fingerprint density at radius 1 is 0.854 bits per heavy atom. The zero-order chi connectivity index (χ0) is 28.9. The average molecular weight is 572 g/mol. The zero-order valence-corrected chi connectivity index (χ0v) is 25.2. The summed E-state index contributed by atoms with van der Waals surface area (Å²) in [6, 6.07) is 28.4. The molecule has 3 aromatic rings. The smallest absolute Gasteiger partial charge is 0.253 e. The lowest BCUT2D eigenvalue weighted by molar-refractivity contribution is -0.136. The van der Waals surface area contributed by atoms with Crippen molar-refractivity contribution in [3.63, 3.8) is 0 Å². The summed E-state index contributed by atoms with van der Waals surface area (Å²) in [5, 5.41) is 0.747. The molecule has 0 spiro atoms. The highest BCUT2D eigenvalue weighted by Gasteiger charge is 2.42. The van der Waals surface area contributed by atoms with Crippen LogP contribution in [0.25, 0.3) is 0 Å². The van der Waals surface area contributed by atoms with E-state index >= 15 is 0 Å². The Balaban J connectivity index is 1.28. The molecule has 0 bridgehead atoms. The number of hydrogen-bond acceptors (Lipinski definition) is 3. The summed E-state index contributed by atoms with van der Waals surface area (Å²) in [5.41, 5.74) is 2.84. The van der Waals surface area contributed by atoms with Crippen molar-refractivity contribution < 1.29 is 9.59 Å². The van der Waals surface area contributed by atoms with Crippen molar-refractivity contribution in [1.82, 2.24) is 14.7 Å². The van der Waals surface area contributed by atoms with Crippen molar-refractivity contribution in [3.8, 4) is 0 Å². The van der Waals surface area contributed by atoms with E-state index in [1.54, 1.807) is 6.92 Å². The first kappa shape index (κ1) is 29.3. The second-order valence-corrected chi connectivity index (χ2v) is 12.3. The number of hydrogen-bond donors (Lipinski definition) is 0. The summed E-state index contributed by atoms with van der Waals surface area (Å²) < 4.78 is 0. The fourth-order valence-electron chi connectivity index (χ4n) is 7.13. The van der Waals surface area contributed by atoms with Crippen LogP contribution in [0.15, 0.2) is 84.9 Å². The first-order valence-electron chi connectivity index (χ1n) is 15.0. The Bertz CT molecular complexity index is 1320. The molecule has 41 heavy (non-hydrogen) atoms. The Kier molecular flexibility index (Phi) is 9.16. The van der Waals surface area contributed by atoms with Crippen LogP contribution in [0.4, 0.5) is 0 Å². The highest BCUT2D eigenvalue weighted by molar-refractivity contribution is 6.30. The molecule has 5 nitrogen and oxygen atoms in total. The highest BCUT2D eigenvalue weighted by atomic mass is 35.5. The largest absolute Gasteiger partial charge is 0.338 e. The lowest BCUT2D eigenvalue weighted by Crippen LogP contribution is -2.53. The van der Waals surface area contributed by atoms with E-state index in [0.717, 1.165) is 75.3 Å². The maximum absolute atomic E-state index is 13.5. The van der Waals surface area contributed by atoms with Gasteiger partial charge >= 0.3 is 0 Å². The summed E-state index contributed by atoms with van der Waals surface area (Å²) in [5.74, 6) is 0.220. The normalized spacial score (nSPS) is 20.9. The maximum Gasteiger partial charge on any atom is 0.253 e. The van der Waals surface area contributed by atoms with Gasteiger partial charge in [-0.3, -0.25) is 9.59 Å². The van der Waals surface area contributed by atoms with Gasteiger partial charge in [-0.2, -0.15) is 0 Å². The maximum atomic E-state index is 13.5. The second-order valence-electron chi connectivity index (χ2n) is 11.9. The lowest BCUT2D eigenvalue weighted by atomic mass is 9.70. The monoisotopic (exact) mass is 571 g/mol. The molecule has 2 saturated heterocycles. The molecule has 0 saturated carbocycles. The molecule has 0 aromatic heterocycles. The number of benzene rings is 3. The van der Waals surface area contributed by atoms with E-state index in [-0.39, 0.29) is 22.8 Å². The van der Waals surface area contributed by atoms with Gasteiger partial charge in [-0.05, 0) is 80.5 Å². The predicted molar refractivity (Wildman–Crippen MR) is 166 cm³/mol. The number of nitrogens with zero attached hydrogens (tertiary/aromatic N) is 3. The van der Waals surface area contributed by atoms with E-state index in [0.29, 0.717) is 6.54 Å². The van der Waals surface area contributed by atoms with Crippen molar-refractivity contribution in [2.45, 2.75) is 56.4 Å². The molecule has 3 aromatic carbocycles. The van der Waals surface area contributed by atoms with Crippen LogP contribution >= 0.6 is 11.6 Å². The summed E-state index contributed by atoms with van der Waals surface area (Å²) in [4.78, 5) is 32.5. The molecule has 6 heteroatoms. The van der Waals surface area contributed by atoms with Crippen LogP contribution in [-0.2, 0) is 15.7 Å². The van der Waals surface area contributed by atoms with Gasteiger partial charge in [0.15, 0.2) is 0 Å². The van der Waals surface area contributed by atoms with Crippen LogP contribution < -0.4 is 0 Å². The van der Waals surface area contributed by atoms with Gasteiger partial charge in [-0.1, -0.05) is 72.3 Å². The molecule has 2 heterocycles.